The van der Waals surface area contributed by atoms with Crippen molar-refractivity contribution in [3.05, 3.63) is 43.0 Å². The molecule has 0 aliphatic heterocycles. The Morgan fingerprint density at radius 3 is 2.69 bits per heavy atom. The monoisotopic (exact) mass is 219 g/mol. The van der Waals surface area contributed by atoms with Gasteiger partial charge in [0.25, 0.3) is 0 Å². The van der Waals surface area contributed by atoms with E-state index in [0.717, 1.165) is 38.3 Å². The van der Waals surface area contributed by atoms with Crippen molar-refractivity contribution in [3.8, 4) is 5.75 Å². The first kappa shape index (κ1) is 12.8. The maximum atomic E-state index is 5.61. The van der Waals surface area contributed by atoms with Gasteiger partial charge in [0.2, 0.25) is 0 Å². The Bertz CT molecular complexity index is 284. The van der Waals surface area contributed by atoms with Crippen molar-refractivity contribution in [2.24, 2.45) is 0 Å². The first-order chi connectivity index (χ1) is 7.83. The molecule has 0 aliphatic carbocycles. The predicted molar refractivity (Wildman–Crippen MR) is 68.9 cm³/mol. The molecule has 0 saturated carbocycles. The Morgan fingerprint density at radius 1 is 1.25 bits per heavy atom. The summed E-state index contributed by atoms with van der Waals surface area (Å²) in [6.45, 7) is 6.58. The average Bonchev–Trinajstić information content (AvgIpc) is 2.30. The zero-order valence-electron chi connectivity index (χ0n) is 10.1. The number of para-hydroxylation sites is 1. The Balaban J connectivity index is 2.02. The van der Waals surface area contributed by atoms with Gasteiger partial charge in [-0.25, -0.2) is 0 Å². The molecule has 2 nitrogen and oxygen atoms in total. The van der Waals surface area contributed by atoms with Gasteiger partial charge in [-0.15, -0.1) is 6.58 Å². The second-order valence-electron chi connectivity index (χ2n) is 3.92. The van der Waals surface area contributed by atoms with E-state index < -0.39 is 0 Å². The Hall–Kier alpha value is -1.28. The molecule has 0 spiro atoms. The highest BCUT2D eigenvalue weighted by atomic mass is 16.5. The van der Waals surface area contributed by atoms with Gasteiger partial charge in [0.1, 0.15) is 5.75 Å². The molecule has 1 rings (SSSR count). The van der Waals surface area contributed by atoms with Crippen LogP contribution in [-0.2, 0) is 0 Å². The first-order valence-corrected chi connectivity index (χ1v) is 5.80. The molecule has 2 heteroatoms. The lowest BCUT2D eigenvalue weighted by molar-refractivity contribution is 0.287. The van der Waals surface area contributed by atoms with E-state index >= 15 is 0 Å². The van der Waals surface area contributed by atoms with Crippen molar-refractivity contribution in [2.45, 2.75) is 12.8 Å². The van der Waals surface area contributed by atoms with E-state index in [0.29, 0.717) is 0 Å². The van der Waals surface area contributed by atoms with Gasteiger partial charge in [-0.3, -0.25) is 0 Å². The molecule has 0 N–H and O–H groups in total. The second kappa shape index (κ2) is 7.94. The molecule has 0 saturated heterocycles. The molecule has 1 aromatic carbocycles. The third-order valence-electron chi connectivity index (χ3n) is 2.39. The molecule has 0 unspecified atom stereocenters. The summed E-state index contributed by atoms with van der Waals surface area (Å²) in [6, 6.07) is 9.96. The summed E-state index contributed by atoms with van der Waals surface area (Å²) in [4.78, 5) is 2.26. The summed E-state index contributed by atoms with van der Waals surface area (Å²) in [5.74, 6) is 0.960. The average molecular weight is 219 g/mol. The van der Waals surface area contributed by atoms with Crippen LogP contribution in [0.4, 0.5) is 0 Å². The molecular weight excluding hydrogens is 198 g/mol. The molecular formula is C14H21NO. The zero-order chi connectivity index (χ0) is 11.6. The SMILES string of the molecule is C=CCN(C)CCCCOc1ccccc1. The Kier molecular flexibility index (Phi) is 6.35. The topological polar surface area (TPSA) is 12.5 Å². The third-order valence-corrected chi connectivity index (χ3v) is 2.39. The maximum absolute atomic E-state index is 5.61. The van der Waals surface area contributed by atoms with Gasteiger partial charge in [-0.05, 0) is 38.6 Å². The number of likely N-dealkylation sites (N-methyl/N-ethyl adjacent to an activating group) is 1. The van der Waals surface area contributed by atoms with Gasteiger partial charge in [0, 0.05) is 6.54 Å². The van der Waals surface area contributed by atoms with Crippen LogP contribution < -0.4 is 4.74 Å². The smallest absolute Gasteiger partial charge is 0.119 e. The molecule has 0 atom stereocenters. The fraction of sp³-hybridized carbons (Fsp3) is 0.429. The third kappa shape index (κ3) is 5.56. The van der Waals surface area contributed by atoms with Gasteiger partial charge in [0.15, 0.2) is 0 Å². The number of unbranched alkanes of at least 4 members (excludes halogenated alkanes) is 1. The number of hydrogen-bond donors (Lipinski definition) is 0. The molecule has 0 fully saturated rings. The van der Waals surface area contributed by atoms with E-state index in [1.165, 1.54) is 0 Å². The molecule has 16 heavy (non-hydrogen) atoms. The number of benzene rings is 1. The highest BCUT2D eigenvalue weighted by molar-refractivity contribution is 5.20. The quantitative estimate of drug-likeness (QED) is 0.492. The standard InChI is InChI=1S/C14H21NO/c1-3-11-15(2)12-7-8-13-16-14-9-5-4-6-10-14/h3-6,9-10H,1,7-8,11-13H2,2H3. The van der Waals surface area contributed by atoms with Crippen molar-refractivity contribution in [1.29, 1.82) is 0 Å². The van der Waals surface area contributed by atoms with Gasteiger partial charge >= 0.3 is 0 Å². The summed E-state index contributed by atoms with van der Waals surface area (Å²) < 4.78 is 5.61. The van der Waals surface area contributed by atoms with E-state index in [2.05, 4.69) is 18.5 Å². The van der Waals surface area contributed by atoms with E-state index in [4.69, 9.17) is 4.74 Å². The van der Waals surface area contributed by atoms with E-state index in [9.17, 15) is 0 Å². The van der Waals surface area contributed by atoms with Crippen LogP contribution in [-0.4, -0.2) is 31.6 Å². The molecule has 0 heterocycles. The minimum absolute atomic E-state index is 0.798. The highest BCUT2D eigenvalue weighted by Gasteiger charge is 1.96. The van der Waals surface area contributed by atoms with Gasteiger partial charge in [-0.1, -0.05) is 24.3 Å². The lowest BCUT2D eigenvalue weighted by atomic mass is 10.3. The van der Waals surface area contributed by atoms with Crippen LogP contribution in [0, 0.1) is 0 Å². The fourth-order valence-corrected chi connectivity index (χ4v) is 1.50. The molecule has 0 aliphatic rings. The van der Waals surface area contributed by atoms with Crippen LogP contribution in [0.5, 0.6) is 5.75 Å². The minimum atomic E-state index is 0.798. The predicted octanol–water partition coefficient (Wildman–Crippen LogP) is 2.96. The number of ether oxygens (including phenoxy) is 1. The molecule has 0 amide bonds. The Labute approximate surface area is 98.5 Å². The molecule has 1 aromatic rings. The number of hydrogen-bond acceptors (Lipinski definition) is 2. The summed E-state index contributed by atoms with van der Waals surface area (Å²) in [7, 11) is 2.11. The minimum Gasteiger partial charge on any atom is -0.494 e. The summed E-state index contributed by atoms with van der Waals surface area (Å²) in [5, 5.41) is 0. The number of rotatable bonds is 8. The molecule has 0 aromatic heterocycles. The summed E-state index contributed by atoms with van der Waals surface area (Å²) in [5.41, 5.74) is 0. The fourth-order valence-electron chi connectivity index (χ4n) is 1.50. The van der Waals surface area contributed by atoms with Crippen LogP contribution in [0.2, 0.25) is 0 Å². The van der Waals surface area contributed by atoms with Crippen LogP contribution in [0.3, 0.4) is 0 Å². The zero-order valence-corrected chi connectivity index (χ0v) is 10.1. The van der Waals surface area contributed by atoms with Crippen LogP contribution in [0.1, 0.15) is 12.8 Å². The number of nitrogens with zero attached hydrogens (tertiary/aromatic N) is 1. The lowest BCUT2D eigenvalue weighted by Gasteiger charge is -2.13. The van der Waals surface area contributed by atoms with Crippen molar-refractivity contribution in [1.82, 2.24) is 4.90 Å². The molecule has 0 radical (unpaired) electrons. The highest BCUT2D eigenvalue weighted by Crippen LogP contribution is 2.08. The maximum Gasteiger partial charge on any atom is 0.119 e. The van der Waals surface area contributed by atoms with Crippen molar-refractivity contribution < 1.29 is 4.74 Å². The van der Waals surface area contributed by atoms with Crippen LogP contribution in [0.25, 0.3) is 0 Å². The summed E-state index contributed by atoms with van der Waals surface area (Å²) in [6.07, 6.45) is 4.19. The lowest BCUT2D eigenvalue weighted by Crippen LogP contribution is -2.19. The normalized spacial score (nSPS) is 10.4. The van der Waals surface area contributed by atoms with Crippen molar-refractivity contribution >= 4 is 0 Å². The van der Waals surface area contributed by atoms with Crippen LogP contribution >= 0.6 is 0 Å². The van der Waals surface area contributed by atoms with E-state index in [1.54, 1.807) is 0 Å². The molecule has 88 valence electrons. The van der Waals surface area contributed by atoms with Crippen molar-refractivity contribution in [3.63, 3.8) is 0 Å². The second-order valence-corrected chi connectivity index (χ2v) is 3.92. The van der Waals surface area contributed by atoms with E-state index in [1.807, 2.05) is 36.4 Å². The van der Waals surface area contributed by atoms with Gasteiger partial charge in [-0.2, -0.15) is 0 Å². The van der Waals surface area contributed by atoms with Crippen LogP contribution in [0.15, 0.2) is 43.0 Å². The Morgan fingerprint density at radius 2 is 2.00 bits per heavy atom. The van der Waals surface area contributed by atoms with Gasteiger partial charge < -0.3 is 9.64 Å². The summed E-state index contributed by atoms with van der Waals surface area (Å²) >= 11 is 0. The van der Waals surface area contributed by atoms with Gasteiger partial charge in [0.05, 0.1) is 6.61 Å². The first-order valence-electron chi connectivity index (χ1n) is 5.80. The van der Waals surface area contributed by atoms with Crippen molar-refractivity contribution in [2.75, 3.05) is 26.7 Å². The van der Waals surface area contributed by atoms with E-state index in [-0.39, 0.29) is 0 Å². The largest absolute Gasteiger partial charge is 0.494 e. The molecule has 0 bridgehead atoms.